The minimum atomic E-state index is 0.217. The third kappa shape index (κ3) is 6.12. The van der Waals surface area contributed by atoms with Crippen LogP contribution < -0.4 is 9.47 Å². The van der Waals surface area contributed by atoms with Crippen LogP contribution in [-0.4, -0.2) is 73.4 Å². The van der Waals surface area contributed by atoms with Gasteiger partial charge >= 0.3 is 0 Å². The number of benzene rings is 1. The van der Waals surface area contributed by atoms with E-state index in [-0.39, 0.29) is 5.91 Å². The molecule has 0 saturated carbocycles. The number of likely N-dealkylation sites (N-methyl/N-ethyl adjacent to an activating group) is 1. The number of hydrogen-bond acceptors (Lipinski definition) is 6. The summed E-state index contributed by atoms with van der Waals surface area (Å²) in [5.41, 5.74) is 1.22. The fourth-order valence-corrected chi connectivity index (χ4v) is 4.52. The van der Waals surface area contributed by atoms with E-state index in [1.807, 2.05) is 29.2 Å². The predicted octanol–water partition coefficient (Wildman–Crippen LogP) is 3.36. The van der Waals surface area contributed by atoms with Crippen molar-refractivity contribution in [1.82, 2.24) is 14.8 Å². The van der Waals surface area contributed by atoms with E-state index in [9.17, 15) is 4.79 Å². The van der Waals surface area contributed by atoms with Gasteiger partial charge in [0.1, 0.15) is 0 Å². The van der Waals surface area contributed by atoms with Crippen LogP contribution in [0.15, 0.2) is 47.6 Å². The third-order valence-electron chi connectivity index (χ3n) is 5.59. The zero-order valence-corrected chi connectivity index (χ0v) is 18.9. The Morgan fingerprint density at radius 2 is 1.97 bits per heavy atom. The monoisotopic (exact) mass is 429 g/mol. The van der Waals surface area contributed by atoms with Crippen LogP contribution in [0.2, 0.25) is 0 Å². The van der Waals surface area contributed by atoms with Crippen molar-refractivity contribution >= 4 is 17.7 Å². The molecule has 1 fully saturated rings. The smallest absolute Gasteiger partial charge is 0.232 e. The fourth-order valence-electron chi connectivity index (χ4n) is 3.74. The highest BCUT2D eigenvalue weighted by atomic mass is 32.2. The molecule has 7 heteroatoms. The first-order chi connectivity index (χ1) is 14.6. The van der Waals surface area contributed by atoms with E-state index in [1.165, 1.54) is 5.56 Å². The van der Waals surface area contributed by atoms with E-state index in [2.05, 4.69) is 23.0 Å². The van der Waals surface area contributed by atoms with Crippen molar-refractivity contribution in [2.75, 3.05) is 46.7 Å². The molecule has 3 rings (SSSR count). The van der Waals surface area contributed by atoms with E-state index < -0.39 is 0 Å². The van der Waals surface area contributed by atoms with Gasteiger partial charge in [-0.25, -0.2) is 0 Å². The lowest BCUT2D eigenvalue weighted by Crippen LogP contribution is -2.49. The zero-order valence-electron chi connectivity index (χ0n) is 18.0. The van der Waals surface area contributed by atoms with Crippen LogP contribution in [-0.2, 0) is 11.2 Å². The molecule has 1 aliphatic rings. The van der Waals surface area contributed by atoms with E-state index in [1.54, 1.807) is 38.4 Å². The second-order valence-corrected chi connectivity index (χ2v) is 8.58. The van der Waals surface area contributed by atoms with Crippen molar-refractivity contribution in [3.63, 3.8) is 0 Å². The number of pyridine rings is 1. The Bertz CT molecular complexity index is 819. The maximum Gasteiger partial charge on any atom is 0.232 e. The second kappa shape index (κ2) is 11.2. The number of likely N-dealkylation sites (tertiary alicyclic amines) is 1. The van der Waals surface area contributed by atoms with Gasteiger partial charge in [0.15, 0.2) is 11.5 Å². The summed E-state index contributed by atoms with van der Waals surface area (Å²) in [5.74, 6) is 2.21. The van der Waals surface area contributed by atoms with Gasteiger partial charge in [0.2, 0.25) is 5.91 Å². The molecule has 1 atom stereocenters. The van der Waals surface area contributed by atoms with Crippen LogP contribution in [0.5, 0.6) is 11.5 Å². The molecular formula is C23H31N3O3S. The number of methoxy groups -OCH3 is 2. The maximum atomic E-state index is 12.7. The van der Waals surface area contributed by atoms with Crippen LogP contribution in [0, 0.1) is 0 Å². The Kier molecular flexibility index (Phi) is 8.39. The number of nitrogens with zero attached hydrogens (tertiary/aromatic N) is 3. The largest absolute Gasteiger partial charge is 0.493 e. The molecule has 2 aromatic rings. The minimum Gasteiger partial charge on any atom is -0.493 e. The Labute approximate surface area is 183 Å². The molecule has 0 bridgehead atoms. The summed E-state index contributed by atoms with van der Waals surface area (Å²) in [4.78, 5) is 22.2. The number of amides is 1. The first kappa shape index (κ1) is 22.4. The van der Waals surface area contributed by atoms with Crippen LogP contribution in [0.25, 0.3) is 0 Å². The lowest BCUT2D eigenvalue weighted by Gasteiger charge is -2.37. The molecule has 1 saturated heterocycles. The predicted molar refractivity (Wildman–Crippen MR) is 120 cm³/mol. The summed E-state index contributed by atoms with van der Waals surface area (Å²) in [7, 11) is 5.47. The lowest BCUT2D eigenvalue weighted by atomic mass is 10.0. The molecule has 1 aromatic carbocycles. The summed E-state index contributed by atoms with van der Waals surface area (Å²) in [6.07, 6.45) is 6.63. The van der Waals surface area contributed by atoms with Crippen molar-refractivity contribution in [2.24, 2.45) is 0 Å². The fraction of sp³-hybridized carbons (Fsp3) is 0.478. The average molecular weight is 430 g/mol. The number of carbonyl (C=O) groups is 1. The van der Waals surface area contributed by atoms with E-state index in [0.717, 1.165) is 55.3 Å². The van der Waals surface area contributed by atoms with E-state index in [4.69, 9.17) is 9.47 Å². The summed E-state index contributed by atoms with van der Waals surface area (Å²) in [6, 6.07) is 10.4. The zero-order chi connectivity index (χ0) is 21.3. The van der Waals surface area contributed by atoms with Crippen molar-refractivity contribution in [3.05, 3.63) is 48.3 Å². The molecule has 1 aromatic heterocycles. The summed E-state index contributed by atoms with van der Waals surface area (Å²) in [5, 5.41) is 0. The molecule has 2 heterocycles. The Morgan fingerprint density at radius 1 is 1.20 bits per heavy atom. The van der Waals surface area contributed by atoms with E-state index >= 15 is 0 Å². The summed E-state index contributed by atoms with van der Waals surface area (Å²) in [6.45, 7) is 2.60. The molecule has 30 heavy (non-hydrogen) atoms. The Hall–Kier alpha value is -2.25. The van der Waals surface area contributed by atoms with Gasteiger partial charge in [-0.05, 0) is 56.1 Å². The van der Waals surface area contributed by atoms with E-state index in [0.29, 0.717) is 11.8 Å². The van der Waals surface area contributed by atoms with Gasteiger partial charge in [0, 0.05) is 43.0 Å². The number of rotatable bonds is 9. The highest BCUT2D eigenvalue weighted by Gasteiger charge is 2.26. The van der Waals surface area contributed by atoms with Crippen LogP contribution in [0.4, 0.5) is 0 Å². The topological polar surface area (TPSA) is 54.9 Å². The normalized spacial score (nSPS) is 16.5. The molecule has 1 amide bonds. The minimum absolute atomic E-state index is 0.217. The summed E-state index contributed by atoms with van der Waals surface area (Å²) < 4.78 is 10.7. The summed E-state index contributed by atoms with van der Waals surface area (Å²) >= 11 is 1.58. The van der Waals surface area contributed by atoms with Gasteiger partial charge < -0.3 is 19.3 Å². The molecule has 162 valence electrons. The maximum absolute atomic E-state index is 12.7. The van der Waals surface area contributed by atoms with Crippen molar-refractivity contribution < 1.29 is 14.3 Å². The van der Waals surface area contributed by atoms with Gasteiger partial charge in [0.25, 0.3) is 0 Å². The van der Waals surface area contributed by atoms with Crippen LogP contribution >= 0.6 is 11.8 Å². The number of aromatic nitrogens is 1. The van der Waals surface area contributed by atoms with Crippen molar-refractivity contribution in [1.29, 1.82) is 0 Å². The first-order valence-corrected chi connectivity index (χ1v) is 11.3. The number of piperidine rings is 1. The van der Waals surface area contributed by atoms with Crippen LogP contribution in [0.1, 0.15) is 18.4 Å². The standard InChI is InChI=1S/C23H31N3O3S/c1-25(14-10-18-6-7-21(28-2)22(15-18)29-3)19-5-4-13-26(16-19)23(27)17-30-20-8-11-24-12-9-20/h6-9,11-12,15,19H,4-5,10,13-14,16-17H2,1-3H3/t19-/m0/s1. The number of hydrogen-bond donors (Lipinski definition) is 0. The van der Waals surface area contributed by atoms with Gasteiger partial charge in [-0.15, -0.1) is 11.8 Å². The third-order valence-corrected chi connectivity index (χ3v) is 6.58. The SMILES string of the molecule is COc1ccc(CCN(C)[C@H]2CCCN(C(=O)CSc3ccncc3)C2)cc1OC. The molecule has 0 spiro atoms. The van der Waals surface area contributed by atoms with Gasteiger partial charge in [-0.3, -0.25) is 9.78 Å². The van der Waals surface area contributed by atoms with Crippen molar-refractivity contribution in [3.8, 4) is 11.5 Å². The molecule has 6 nitrogen and oxygen atoms in total. The van der Waals surface area contributed by atoms with Gasteiger partial charge in [-0.2, -0.15) is 0 Å². The molecule has 0 unspecified atom stereocenters. The Balaban J connectivity index is 1.49. The van der Waals surface area contributed by atoms with Crippen molar-refractivity contribution in [2.45, 2.75) is 30.2 Å². The molecule has 1 aliphatic heterocycles. The highest BCUT2D eigenvalue weighted by Crippen LogP contribution is 2.28. The number of ether oxygens (including phenoxy) is 2. The van der Waals surface area contributed by atoms with Gasteiger partial charge in [0.05, 0.1) is 20.0 Å². The molecule has 0 N–H and O–H groups in total. The molecule has 0 aliphatic carbocycles. The van der Waals surface area contributed by atoms with Crippen LogP contribution in [0.3, 0.4) is 0 Å². The number of thioether (sulfide) groups is 1. The average Bonchev–Trinajstić information content (AvgIpc) is 2.81. The first-order valence-electron chi connectivity index (χ1n) is 10.3. The lowest BCUT2D eigenvalue weighted by molar-refractivity contribution is -0.130. The quantitative estimate of drug-likeness (QED) is 0.570. The number of carbonyl (C=O) groups excluding carboxylic acids is 1. The highest BCUT2D eigenvalue weighted by molar-refractivity contribution is 8.00. The Morgan fingerprint density at radius 3 is 2.70 bits per heavy atom. The van der Waals surface area contributed by atoms with Gasteiger partial charge in [-0.1, -0.05) is 6.07 Å². The molecule has 0 radical (unpaired) electrons. The molecular weight excluding hydrogens is 398 g/mol. The second-order valence-electron chi connectivity index (χ2n) is 7.53.